The Kier molecular flexibility index (Phi) is 5.08. The van der Waals surface area contributed by atoms with Crippen LogP contribution in [0.3, 0.4) is 0 Å². The Bertz CT molecular complexity index is 855. The predicted octanol–water partition coefficient (Wildman–Crippen LogP) is 2.53. The Labute approximate surface area is 147 Å². The number of rotatable bonds is 6. The molecule has 1 atom stereocenters. The third kappa shape index (κ3) is 4.60. The predicted molar refractivity (Wildman–Crippen MR) is 98.3 cm³/mol. The highest BCUT2D eigenvalue weighted by Crippen LogP contribution is 2.27. The van der Waals surface area contributed by atoms with Crippen LogP contribution in [0.4, 0.5) is 17.5 Å². The molecule has 2 N–H and O–H groups in total. The van der Waals surface area contributed by atoms with E-state index in [-0.39, 0.29) is 17.5 Å². The van der Waals surface area contributed by atoms with Crippen LogP contribution in [0.5, 0.6) is 5.75 Å². The van der Waals surface area contributed by atoms with Crippen molar-refractivity contribution in [3.8, 4) is 5.75 Å². The molecule has 1 aliphatic rings. The van der Waals surface area contributed by atoms with E-state index in [9.17, 15) is 8.42 Å². The largest absolute Gasteiger partial charge is 0.492 e. The lowest BCUT2D eigenvalue weighted by Gasteiger charge is -2.15. The fourth-order valence-electron chi connectivity index (χ4n) is 2.79. The number of sulfone groups is 1. The highest BCUT2D eigenvalue weighted by atomic mass is 32.2. The fourth-order valence-corrected chi connectivity index (χ4v) is 4.46. The summed E-state index contributed by atoms with van der Waals surface area (Å²) in [4.78, 5) is 8.86. The maximum Gasteiger partial charge on any atom is 0.229 e. The van der Waals surface area contributed by atoms with Gasteiger partial charge in [0.05, 0.1) is 23.8 Å². The summed E-state index contributed by atoms with van der Waals surface area (Å²) in [5, 5.41) is 6.38. The molecule has 0 aliphatic carbocycles. The molecule has 1 aromatic carbocycles. The van der Waals surface area contributed by atoms with Crippen molar-refractivity contribution >= 4 is 27.3 Å². The van der Waals surface area contributed by atoms with Crippen LogP contribution >= 0.6 is 0 Å². The van der Waals surface area contributed by atoms with Crippen LogP contribution in [0.15, 0.2) is 30.3 Å². The molecule has 0 radical (unpaired) electrons. The normalized spacial score (nSPS) is 18.7. The highest BCUT2D eigenvalue weighted by Gasteiger charge is 2.28. The molecule has 0 amide bonds. The van der Waals surface area contributed by atoms with E-state index in [1.807, 2.05) is 44.2 Å². The Balaban J connectivity index is 1.78. The van der Waals surface area contributed by atoms with Gasteiger partial charge in [-0.05, 0) is 32.4 Å². The molecule has 3 rings (SSSR count). The van der Waals surface area contributed by atoms with Gasteiger partial charge in [0.2, 0.25) is 5.95 Å². The number of benzene rings is 1. The highest BCUT2D eigenvalue weighted by molar-refractivity contribution is 7.91. The van der Waals surface area contributed by atoms with Crippen LogP contribution in [0.2, 0.25) is 0 Å². The molecule has 25 heavy (non-hydrogen) atoms. The van der Waals surface area contributed by atoms with Crippen LogP contribution in [-0.2, 0) is 9.84 Å². The Morgan fingerprint density at radius 1 is 1.28 bits per heavy atom. The number of ether oxygens (including phenoxy) is 1. The number of para-hydroxylation sites is 2. The molecule has 1 unspecified atom stereocenters. The second-order valence-corrected chi connectivity index (χ2v) is 8.25. The van der Waals surface area contributed by atoms with Crippen molar-refractivity contribution in [2.75, 3.05) is 28.7 Å². The monoisotopic (exact) mass is 362 g/mol. The summed E-state index contributed by atoms with van der Waals surface area (Å²) in [5.74, 6) is 2.15. The standard InChI is InChI=1S/C17H22N4O3S/c1-3-24-15-7-5-4-6-14(15)20-17-18-12(2)10-16(21-17)19-13-8-9-25(22,23)11-13/h4-7,10,13H,3,8-9,11H2,1-2H3,(H2,18,19,20,21). The smallest absolute Gasteiger partial charge is 0.229 e. The molecule has 1 aromatic heterocycles. The molecule has 1 saturated heterocycles. The van der Waals surface area contributed by atoms with E-state index >= 15 is 0 Å². The Hall–Kier alpha value is -2.35. The summed E-state index contributed by atoms with van der Waals surface area (Å²) in [5.41, 5.74) is 1.57. The summed E-state index contributed by atoms with van der Waals surface area (Å²) >= 11 is 0. The van der Waals surface area contributed by atoms with Crippen LogP contribution in [0, 0.1) is 6.92 Å². The molecule has 8 heteroatoms. The molecule has 7 nitrogen and oxygen atoms in total. The number of nitrogens with one attached hydrogen (secondary N) is 2. The van der Waals surface area contributed by atoms with Crippen LogP contribution in [0.1, 0.15) is 19.0 Å². The number of hydrogen-bond donors (Lipinski definition) is 2. The SMILES string of the molecule is CCOc1ccccc1Nc1nc(C)cc(NC2CCS(=O)(=O)C2)n1. The molecule has 1 aliphatic heterocycles. The quantitative estimate of drug-likeness (QED) is 0.815. The van der Waals surface area contributed by atoms with Crippen molar-refractivity contribution in [3.63, 3.8) is 0 Å². The molecule has 0 saturated carbocycles. The van der Waals surface area contributed by atoms with Crippen molar-refractivity contribution < 1.29 is 13.2 Å². The van der Waals surface area contributed by atoms with Crippen LogP contribution < -0.4 is 15.4 Å². The molecule has 1 fully saturated rings. The van der Waals surface area contributed by atoms with E-state index in [1.54, 1.807) is 0 Å². The summed E-state index contributed by atoms with van der Waals surface area (Å²) < 4.78 is 28.8. The molecule has 2 heterocycles. The van der Waals surface area contributed by atoms with Gasteiger partial charge in [-0.25, -0.2) is 13.4 Å². The van der Waals surface area contributed by atoms with Crippen molar-refractivity contribution in [1.29, 1.82) is 0 Å². The zero-order valence-electron chi connectivity index (χ0n) is 14.3. The first-order valence-corrected chi connectivity index (χ1v) is 10.1. The van der Waals surface area contributed by atoms with Gasteiger partial charge in [-0.15, -0.1) is 0 Å². The van der Waals surface area contributed by atoms with Crippen molar-refractivity contribution in [2.45, 2.75) is 26.3 Å². The van der Waals surface area contributed by atoms with E-state index in [2.05, 4.69) is 20.6 Å². The number of anilines is 3. The van der Waals surface area contributed by atoms with E-state index in [4.69, 9.17) is 4.74 Å². The van der Waals surface area contributed by atoms with Gasteiger partial charge in [0.15, 0.2) is 9.84 Å². The van der Waals surface area contributed by atoms with Gasteiger partial charge in [0.1, 0.15) is 11.6 Å². The van der Waals surface area contributed by atoms with E-state index in [0.29, 0.717) is 24.8 Å². The molecule has 0 spiro atoms. The third-order valence-electron chi connectivity index (χ3n) is 3.87. The van der Waals surface area contributed by atoms with Gasteiger partial charge >= 0.3 is 0 Å². The lowest BCUT2D eigenvalue weighted by atomic mass is 10.2. The Morgan fingerprint density at radius 3 is 2.80 bits per heavy atom. The van der Waals surface area contributed by atoms with E-state index in [1.165, 1.54) is 0 Å². The van der Waals surface area contributed by atoms with Gasteiger partial charge in [-0.3, -0.25) is 0 Å². The number of nitrogens with zero attached hydrogens (tertiary/aromatic N) is 2. The minimum absolute atomic E-state index is 0.108. The second-order valence-electron chi connectivity index (χ2n) is 6.02. The van der Waals surface area contributed by atoms with Crippen LogP contribution in [-0.4, -0.2) is 42.5 Å². The maximum absolute atomic E-state index is 11.6. The first kappa shape index (κ1) is 17.5. The zero-order chi connectivity index (χ0) is 17.9. The van der Waals surface area contributed by atoms with Gasteiger partial charge in [-0.1, -0.05) is 12.1 Å². The summed E-state index contributed by atoms with van der Waals surface area (Å²) in [6, 6.07) is 9.29. The van der Waals surface area contributed by atoms with Gasteiger partial charge in [0, 0.05) is 17.8 Å². The molecular weight excluding hydrogens is 340 g/mol. The van der Waals surface area contributed by atoms with Crippen molar-refractivity contribution in [2.24, 2.45) is 0 Å². The first-order valence-electron chi connectivity index (χ1n) is 8.26. The number of hydrogen-bond acceptors (Lipinski definition) is 7. The average Bonchev–Trinajstić information content (AvgIpc) is 2.87. The second kappa shape index (κ2) is 7.26. The lowest BCUT2D eigenvalue weighted by molar-refractivity contribution is 0.342. The first-order chi connectivity index (χ1) is 11.9. The third-order valence-corrected chi connectivity index (χ3v) is 5.64. The molecular formula is C17H22N4O3S. The number of aryl methyl sites for hydroxylation is 1. The summed E-state index contributed by atoms with van der Waals surface area (Å²) in [6.07, 6.45) is 0.599. The average molecular weight is 362 g/mol. The van der Waals surface area contributed by atoms with E-state index < -0.39 is 9.84 Å². The van der Waals surface area contributed by atoms with Crippen molar-refractivity contribution in [3.05, 3.63) is 36.0 Å². The molecule has 134 valence electrons. The maximum atomic E-state index is 11.6. The topological polar surface area (TPSA) is 93.2 Å². The zero-order valence-corrected chi connectivity index (χ0v) is 15.1. The van der Waals surface area contributed by atoms with Gasteiger partial charge < -0.3 is 15.4 Å². The van der Waals surface area contributed by atoms with Crippen molar-refractivity contribution in [1.82, 2.24) is 9.97 Å². The van der Waals surface area contributed by atoms with Gasteiger partial charge in [0.25, 0.3) is 0 Å². The number of aromatic nitrogens is 2. The lowest BCUT2D eigenvalue weighted by Crippen LogP contribution is -2.21. The van der Waals surface area contributed by atoms with Gasteiger partial charge in [-0.2, -0.15) is 4.98 Å². The molecule has 0 bridgehead atoms. The van der Waals surface area contributed by atoms with Crippen LogP contribution in [0.25, 0.3) is 0 Å². The molecule has 2 aromatic rings. The van der Waals surface area contributed by atoms with E-state index in [0.717, 1.165) is 17.1 Å². The minimum Gasteiger partial charge on any atom is -0.492 e. The summed E-state index contributed by atoms with van der Waals surface area (Å²) in [6.45, 7) is 4.37. The fraction of sp³-hybridized carbons (Fsp3) is 0.412. The summed E-state index contributed by atoms with van der Waals surface area (Å²) in [7, 11) is -2.93. The minimum atomic E-state index is -2.93. The Morgan fingerprint density at radius 2 is 2.08 bits per heavy atom.